The maximum Gasteiger partial charge on any atom is 0.329 e. The fourth-order valence-corrected chi connectivity index (χ4v) is 1.67. The van der Waals surface area contributed by atoms with Crippen molar-refractivity contribution in [1.82, 2.24) is 5.32 Å². The second kappa shape index (κ2) is 3.82. The molecule has 7 heteroatoms. The van der Waals surface area contributed by atoms with Crippen LogP contribution in [0.2, 0.25) is 0 Å². The maximum atomic E-state index is 13.5. The summed E-state index contributed by atoms with van der Waals surface area (Å²) in [7, 11) is 0. The Bertz CT molecular complexity index is 477. The lowest BCUT2D eigenvalue weighted by atomic mass is 10.2. The average Bonchev–Trinajstić information content (AvgIpc) is 2.53. The minimum atomic E-state index is -0.848. The number of nitrogens with zero attached hydrogens (tertiary/aromatic N) is 1. The molecule has 1 N–H and O–H groups in total. The molecule has 1 aromatic rings. The number of hydrogen-bond acceptors (Lipinski definition) is 2. The predicted octanol–water partition coefficient (Wildman–Crippen LogP) is 1.78. The van der Waals surface area contributed by atoms with Gasteiger partial charge in [-0.05, 0) is 22.0 Å². The van der Waals surface area contributed by atoms with E-state index in [-0.39, 0.29) is 16.7 Å². The number of carbonyl (C=O) groups excluding carboxylic acids is 2. The zero-order valence-electron chi connectivity index (χ0n) is 7.76. The zero-order valence-corrected chi connectivity index (χ0v) is 9.35. The van der Waals surface area contributed by atoms with Crippen LogP contribution in [0, 0.1) is 11.6 Å². The van der Waals surface area contributed by atoms with Crippen molar-refractivity contribution in [1.29, 1.82) is 0 Å². The van der Waals surface area contributed by atoms with Crippen LogP contribution >= 0.6 is 15.9 Å². The molecule has 0 radical (unpaired) electrons. The molecule has 0 saturated carbocycles. The molecule has 0 unspecified atom stereocenters. The first kappa shape index (κ1) is 11.0. The fraction of sp³-hybridized carbons (Fsp3) is 0.111. The number of rotatable bonds is 1. The van der Waals surface area contributed by atoms with Gasteiger partial charge in [0, 0.05) is 6.07 Å². The van der Waals surface area contributed by atoms with Gasteiger partial charge in [-0.3, -0.25) is 4.79 Å². The first-order valence-electron chi connectivity index (χ1n) is 4.26. The molecule has 1 fully saturated rings. The molecule has 0 aliphatic carbocycles. The Balaban J connectivity index is 2.51. The highest BCUT2D eigenvalue weighted by molar-refractivity contribution is 9.10. The Kier molecular flexibility index (Phi) is 2.63. The Morgan fingerprint density at radius 2 is 1.94 bits per heavy atom. The average molecular weight is 291 g/mol. The molecule has 2 rings (SSSR count). The van der Waals surface area contributed by atoms with Gasteiger partial charge in [0.25, 0.3) is 5.91 Å². The van der Waals surface area contributed by atoms with Gasteiger partial charge >= 0.3 is 6.03 Å². The number of halogens is 3. The second-order valence-corrected chi connectivity index (χ2v) is 3.96. The van der Waals surface area contributed by atoms with Crippen molar-refractivity contribution >= 4 is 33.6 Å². The Morgan fingerprint density at radius 3 is 2.50 bits per heavy atom. The van der Waals surface area contributed by atoms with Crippen molar-refractivity contribution in [3.8, 4) is 0 Å². The number of amides is 3. The lowest BCUT2D eigenvalue weighted by Crippen LogP contribution is -2.31. The highest BCUT2D eigenvalue weighted by Gasteiger charge is 2.32. The number of imide groups is 1. The quantitative estimate of drug-likeness (QED) is 0.633. The molecule has 1 saturated heterocycles. The molecule has 0 spiro atoms. The lowest BCUT2D eigenvalue weighted by molar-refractivity contribution is -0.115. The van der Waals surface area contributed by atoms with Gasteiger partial charge in [0.2, 0.25) is 0 Å². The largest absolute Gasteiger partial charge is 0.329 e. The summed E-state index contributed by atoms with van der Waals surface area (Å²) >= 11 is 2.80. The van der Waals surface area contributed by atoms with E-state index >= 15 is 0 Å². The number of benzene rings is 1. The van der Waals surface area contributed by atoms with Crippen molar-refractivity contribution in [2.75, 3.05) is 11.4 Å². The molecule has 1 heterocycles. The smallest absolute Gasteiger partial charge is 0.328 e. The van der Waals surface area contributed by atoms with E-state index in [0.717, 1.165) is 12.1 Å². The van der Waals surface area contributed by atoms with Gasteiger partial charge in [-0.1, -0.05) is 0 Å². The third-order valence-electron chi connectivity index (χ3n) is 2.07. The fourth-order valence-electron chi connectivity index (χ4n) is 1.35. The van der Waals surface area contributed by atoms with Crippen molar-refractivity contribution in [3.05, 3.63) is 28.2 Å². The molecule has 0 aromatic heterocycles. The van der Waals surface area contributed by atoms with Gasteiger partial charge in [-0.2, -0.15) is 0 Å². The summed E-state index contributed by atoms with van der Waals surface area (Å²) in [4.78, 5) is 23.1. The van der Waals surface area contributed by atoms with E-state index in [0.29, 0.717) is 4.90 Å². The maximum absolute atomic E-state index is 13.5. The monoisotopic (exact) mass is 290 g/mol. The Labute approximate surface area is 97.4 Å². The molecule has 1 aromatic carbocycles. The topological polar surface area (TPSA) is 49.4 Å². The van der Waals surface area contributed by atoms with Gasteiger partial charge < -0.3 is 5.32 Å². The van der Waals surface area contributed by atoms with Crippen LogP contribution < -0.4 is 10.2 Å². The summed E-state index contributed by atoms with van der Waals surface area (Å²) in [6.45, 7) is -0.212. The summed E-state index contributed by atoms with van der Waals surface area (Å²) in [6, 6.07) is 0.900. The van der Waals surface area contributed by atoms with Gasteiger partial charge in [0.15, 0.2) is 0 Å². The molecule has 84 valence electrons. The minimum Gasteiger partial charge on any atom is -0.328 e. The summed E-state index contributed by atoms with van der Waals surface area (Å²) in [5.41, 5.74) is -0.388. The van der Waals surface area contributed by atoms with Crippen LogP contribution in [0.15, 0.2) is 16.6 Å². The predicted molar refractivity (Wildman–Crippen MR) is 54.9 cm³/mol. The first-order valence-corrected chi connectivity index (χ1v) is 5.05. The second-order valence-electron chi connectivity index (χ2n) is 3.11. The van der Waals surface area contributed by atoms with Crippen molar-refractivity contribution in [2.24, 2.45) is 0 Å². The van der Waals surface area contributed by atoms with Crippen molar-refractivity contribution in [3.63, 3.8) is 0 Å². The number of nitrogens with one attached hydrogen (secondary N) is 1. The van der Waals surface area contributed by atoms with E-state index < -0.39 is 23.6 Å². The number of anilines is 1. The van der Waals surface area contributed by atoms with Crippen LogP contribution in [0.5, 0.6) is 0 Å². The Morgan fingerprint density at radius 1 is 1.25 bits per heavy atom. The molecule has 16 heavy (non-hydrogen) atoms. The number of carbonyl (C=O) groups is 2. The van der Waals surface area contributed by atoms with Crippen LogP contribution in [-0.4, -0.2) is 18.5 Å². The number of hydrogen-bond donors (Lipinski definition) is 1. The molecule has 0 bridgehead atoms. The van der Waals surface area contributed by atoms with E-state index in [1.165, 1.54) is 0 Å². The van der Waals surface area contributed by atoms with Crippen LogP contribution in [0.3, 0.4) is 0 Å². The minimum absolute atomic E-state index is 0.0687. The molecule has 0 atom stereocenters. The standard InChI is InChI=1S/C9H5BrF2N2O2/c10-4-1-6(12)7(2-5(4)11)14-8(15)3-13-9(14)16/h1-2H,3H2,(H,13,16). The third-order valence-corrected chi connectivity index (χ3v) is 2.68. The van der Waals surface area contributed by atoms with E-state index in [4.69, 9.17) is 0 Å². The highest BCUT2D eigenvalue weighted by atomic mass is 79.9. The lowest BCUT2D eigenvalue weighted by Gasteiger charge is -2.13. The van der Waals surface area contributed by atoms with Crippen LogP contribution in [0.25, 0.3) is 0 Å². The number of urea groups is 1. The van der Waals surface area contributed by atoms with Gasteiger partial charge in [-0.15, -0.1) is 0 Å². The van der Waals surface area contributed by atoms with E-state index in [1.807, 2.05) is 0 Å². The molecular formula is C9H5BrF2N2O2. The third kappa shape index (κ3) is 1.67. The van der Waals surface area contributed by atoms with Crippen LogP contribution in [-0.2, 0) is 4.79 Å². The molecular weight excluding hydrogens is 286 g/mol. The normalized spacial score (nSPS) is 15.6. The van der Waals surface area contributed by atoms with E-state index in [2.05, 4.69) is 21.2 Å². The SMILES string of the molecule is O=C1CNC(=O)N1c1cc(F)c(Br)cc1F. The molecule has 1 aliphatic heterocycles. The van der Waals surface area contributed by atoms with E-state index in [9.17, 15) is 18.4 Å². The van der Waals surface area contributed by atoms with E-state index in [1.54, 1.807) is 0 Å². The molecule has 3 amide bonds. The summed E-state index contributed by atoms with van der Waals surface area (Å²) in [5.74, 6) is -2.21. The Hall–Kier alpha value is -1.50. The summed E-state index contributed by atoms with van der Waals surface area (Å²) < 4.78 is 26.6. The summed E-state index contributed by atoms with van der Waals surface area (Å²) in [6.07, 6.45) is 0. The summed E-state index contributed by atoms with van der Waals surface area (Å²) in [5, 5.41) is 2.22. The highest BCUT2D eigenvalue weighted by Crippen LogP contribution is 2.27. The van der Waals surface area contributed by atoms with Gasteiger partial charge in [0.05, 0.1) is 16.7 Å². The van der Waals surface area contributed by atoms with Crippen LogP contribution in [0.1, 0.15) is 0 Å². The van der Waals surface area contributed by atoms with Crippen LogP contribution in [0.4, 0.5) is 19.3 Å². The van der Waals surface area contributed by atoms with Crippen molar-refractivity contribution < 1.29 is 18.4 Å². The molecule has 1 aliphatic rings. The van der Waals surface area contributed by atoms with Gasteiger partial charge in [-0.25, -0.2) is 18.5 Å². The van der Waals surface area contributed by atoms with Gasteiger partial charge in [0.1, 0.15) is 11.6 Å². The first-order chi connectivity index (χ1) is 7.50. The zero-order chi connectivity index (χ0) is 11.9. The van der Waals surface area contributed by atoms with Crippen molar-refractivity contribution in [2.45, 2.75) is 0 Å². The molecule has 4 nitrogen and oxygen atoms in total.